The molecule has 4 atom stereocenters. The van der Waals surface area contributed by atoms with Crippen LogP contribution in [0.1, 0.15) is 25.3 Å². The Labute approximate surface area is 256 Å². The monoisotopic (exact) mass is 600 g/mol. The Morgan fingerprint density at radius 2 is 2.02 bits per heavy atom. The molecule has 6 rings (SSSR count). The fourth-order valence-electron chi connectivity index (χ4n) is 6.64. The third-order valence-corrected chi connectivity index (χ3v) is 9.21. The summed E-state index contributed by atoms with van der Waals surface area (Å²) in [6, 6.07) is 13.6. The molecular weight excluding hydrogens is 567 g/mol. The number of nitrogens with zero attached hydrogens (tertiary/aromatic N) is 6. The highest BCUT2D eigenvalue weighted by molar-refractivity contribution is 6.37. The number of halogens is 2. The van der Waals surface area contributed by atoms with Crippen molar-refractivity contribution in [1.82, 2.24) is 14.7 Å². The van der Waals surface area contributed by atoms with Crippen molar-refractivity contribution >= 4 is 39.9 Å². The number of hydrogen-bond donors (Lipinski definition) is 0. The zero-order valence-electron chi connectivity index (χ0n) is 24.3. The topological polar surface area (TPSA) is 84.5 Å². The molecular formula is C33H34ClFN6O2. The predicted octanol–water partition coefficient (Wildman–Crippen LogP) is 5.11. The molecule has 0 saturated carbocycles. The number of allylic oxidation sites excluding steroid dienone is 1. The fourth-order valence-corrected chi connectivity index (χ4v) is 6.92. The average molecular weight is 601 g/mol. The molecule has 8 nitrogen and oxygen atoms in total. The molecule has 4 aliphatic rings. The first-order chi connectivity index (χ1) is 20.8. The smallest absolute Gasteiger partial charge is 0.246 e. The predicted molar refractivity (Wildman–Crippen MR) is 167 cm³/mol. The van der Waals surface area contributed by atoms with Crippen LogP contribution in [-0.4, -0.2) is 90.3 Å². The van der Waals surface area contributed by atoms with Crippen molar-refractivity contribution < 1.29 is 13.9 Å². The van der Waals surface area contributed by atoms with Crippen molar-refractivity contribution in [2.45, 2.75) is 38.0 Å². The largest absolute Gasteiger partial charge is 0.475 e. The Hall–Kier alpha value is -4.00. The maximum atomic E-state index is 16.2. The lowest BCUT2D eigenvalue weighted by molar-refractivity contribution is -0.128. The zero-order chi connectivity index (χ0) is 30.2. The van der Waals surface area contributed by atoms with Gasteiger partial charge in [0.05, 0.1) is 5.92 Å². The van der Waals surface area contributed by atoms with Gasteiger partial charge in [0.25, 0.3) is 0 Å². The first-order valence-corrected chi connectivity index (χ1v) is 15.0. The molecule has 0 aromatic heterocycles. The molecule has 2 saturated heterocycles. The maximum Gasteiger partial charge on any atom is 0.246 e. The number of nitriles is 1. The highest BCUT2D eigenvalue weighted by Gasteiger charge is 2.42. The number of likely N-dealkylation sites (tertiary alicyclic amines) is 1. The number of carbonyl (C=O) groups is 1. The second-order valence-electron chi connectivity index (χ2n) is 11.5. The summed E-state index contributed by atoms with van der Waals surface area (Å²) < 4.78 is 22.5. The number of likely N-dealkylation sites (N-methyl/N-ethyl adjacent to an activating group) is 1. The second kappa shape index (κ2) is 11.9. The van der Waals surface area contributed by atoms with E-state index in [0.29, 0.717) is 42.5 Å². The number of aliphatic imine (C=N–C) groups is 2. The van der Waals surface area contributed by atoms with Gasteiger partial charge >= 0.3 is 0 Å². The van der Waals surface area contributed by atoms with Crippen LogP contribution in [0.4, 0.5) is 4.39 Å². The van der Waals surface area contributed by atoms with Gasteiger partial charge in [-0.3, -0.25) is 9.79 Å². The Kier molecular flexibility index (Phi) is 8.08. The van der Waals surface area contributed by atoms with Crippen LogP contribution in [0.2, 0.25) is 5.02 Å². The van der Waals surface area contributed by atoms with Crippen molar-refractivity contribution in [1.29, 1.82) is 5.26 Å². The Morgan fingerprint density at radius 1 is 1.23 bits per heavy atom. The van der Waals surface area contributed by atoms with Crippen LogP contribution in [0.25, 0.3) is 10.8 Å². The normalized spacial score (nSPS) is 26.0. The van der Waals surface area contributed by atoms with Gasteiger partial charge in [-0.15, -0.1) is 0 Å². The summed E-state index contributed by atoms with van der Waals surface area (Å²) in [7, 11) is 2.07. The summed E-state index contributed by atoms with van der Waals surface area (Å²) in [5, 5.41) is 12.6. The van der Waals surface area contributed by atoms with E-state index in [1.807, 2.05) is 37.3 Å². The molecule has 1 amide bonds. The fraction of sp³-hybridized carbons (Fsp3) is 0.394. The van der Waals surface area contributed by atoms with Gasteiger partial charge in [-0.2, -0.15) is 5.26 Å². The van der Waals surface area contributed by atoms with E-state index < -0.39 is 17.9 Å². The van der Waals surface area contributed by atoms with E-state index in [2.05, 4.69) is 29.5 Å². The highest BCUT2D eigenvalue weighted by Crippen LogP contribution is 2.40. The quantitative estimate of drug-likeness (QED) is 0.445. The molecule has 0 radical (unpaired) electrons. The molecule has 10 heteroatoms. The lowest BCUT2D eigenvalue weighted by Crippen LogP contribution is -2.55. The van der Waals surface area contributed by atoms with E-state index >= 15 is 4.39 Å². The molecule has 2 aromatic rings. The van der Waals surface area contributed by atoms with Crippen LogP contribution in [0.5, 0.6) is 0 Å². The molecule has 0 spiro atoms. The van der Waals surface area contributed by atoms with Crippen LogP contribution in [0.3, 0.4) is 0 Å². The molecule has 43 heavy (non-hydrogen) atoms. The van der Waals surface area contributed by atoms with E-state index in [0.717, 1.165) is 30.2 Å². The number of piperazine rings is 1. The van der Waals surface area contributed by atoms with E-state index in [1.165, 1.54) is 12.2 Å². The van der Waals surface area contributed by atoms with Gasteiger partial charge in [0.1, 0.15) is 29.8 Å². The minimum Gasteiger partial charge on any atom is -0.475 e. The molecule has 2 aromatic carbocycles. The number of benzene rings is 2. The van der Waals surface area contributed by atoms with Crippen molar-refractivity contribution in [3.63, 3.8) is 0 Å². The summed E-state index contributed by atoms with van der Waals surface area (Å²) in [6.07, 6.45) is 4.18. The minimum atomic E-state index is -0.740. The number of rotatable bonds is 5. The molecule has 2 fully saturated rings. The number of carbonyl (C=O) groups excluding carboxylic acids is 1. The molecule has 2 unspecified atom stereocenters. The number of dihydropyridines is 2. The van der Waals surface area contributed by atoms with Gasteiger partial charge in [0.2, 0.25) is 11.8 Å². The van der Waals surface area contributed by atoms with E-state index in [9.17, 15) is 10.1 Å². The van der Waals surface area contributed by atoms with Gasteiger partial charge in [0, 0.05) is 53.4 Å². The lowest BCUT2D eigenvalue weighted by Gasteiger charge is -2.45. The van der Waals surface area contributed by atoms with Gasteiger partial charge < -0.3 is 19.4 Å². The van der Waals surface area contributed by atoms with Crippen LogP contribution in [-0.2, 0) is 9.53 Å². The number of hydrogen-bond acceptors (Lipinski definition) is 7. The summed E-state index contributed by atoms with van der Waals surface area (Å²) in [4.78, 5) is 28.1. The highest BCUT2D eigenvalue weighted by atomic mass is 35.5. The molecule has 4 heterocycles. The van der Waals surface area contributed by atoms with Crippen LogP contribution in [0.15, 0.2) is 82.2 Å². The standard InChI is InChI=1S/C33H34ClFN6O2/c1-4-28(42)40-14-15-41(20(2)18-40)31-24-16-27(35)30(23-11-5-8-21-9-6-12-26(34)29(21)23)37-32(24)38-33(25(31)17-36)43-19-22-10-7-13-39(22)3/h4-6,8-9,11-12,16,20,22,24,32H,1,7,10,13-15,18-19H2,2-3H3/t20-,22-,24?,32?/m0/s1. The van der Waals surface area contributed by atoms with E-state index in [1.54, 1.807) is 11.0 Å². The van der Waals surface area contributed by atoms with Crippen molar-refractivity contribution in [3.8, 4) is 6.07 Å². The van der Waals surface area contributed by atoms with Crippen LogP contribution >= 0.6 is 11.6 Å². The summed E-state index contributed by atoms with van der Waals surface area (Å²) >= 11 is 6.60. The minimum absolute atomic E-state index is 0.139. The van der Waals surface area contributed by atoms with Gasteiger partial charge in [-0.25, -0.2) is 9.38 Å². The third-order valence-electron chi connectivity index (χ3n) is 8.90. The molecule has 4 aliphatic heterocycles. The SMILES string of the molecule is C=CC(=O)N1CCN(C2=C(C#N)C(OC[C@@H]3CCCN3C)=NC3N=C(c4cccc5cccc(Cl)c45)C(F)=CC23)[C@@H](C)C1. The maximum absolute atomic E-state index is 16.2. The molecule has 222 valence electrons. The molecule has 0 bridgehead atoms. The van der Waals surface area contributed by atoms with Crippen LogP contribution in [0, 0.1) is 17.2 Å². The first-order valence-electron chi connectivity index (χ1n) is 14.7. The zero-order valence-corrected chi connectivity index (χ0v) is 25.1. The van der Waals surface area contributed by atoms with Gasteiger partial charge in [-0.05, 0) is 57.0 Å². The third kappa shape index (κ3) is 5.34. The Morgan fingerprint density at radius 3 is 2.72 bits per heavy atom. The number of amides is 1. The van der Waals surface area contributed by atoms with Crippen molar-refractivity contribution in [2.24, 2.45) is 15.9 Å². The average Bonchev–Trinajstić information content (AvgIpc) is 3.43. The Bertz CT molecular complexity index is 1640. The molecule has 0 aliphatic carbocycles. The number of fused-ring (bicyclic) bond motifs is 2. The van der Waals surface area contributed by atoms with Crippen molar-refractivity contribution in [3.05, 3.63) is 82.8 Å². The van der Waals surface area contributed by atoms with Gasteiger partial charge in [0.15, 0.2) is 6.17 Å². The summed E-state index contributed by atoms with van der Waals surface area (Å²) in [5.74, 6) is -1.02. The Balaban J connectivity index is 1.42. The van der Waals surface area contributed by atoms with Crippen LogP contribution < -0.4 is 0 Å². The first kappa shape index (κ1) is 29.1. The van der Waals surface area contributed by atoms with Gasteiger partial charge in [-0.1, -0.05) is 48.5 Å². The summed E-state index contributed by atoms with van der Waals surface area (Å²) in [5.41, 5.74) is 1.67. The van der Waals surface area contributed by atoms with E-state index in [4.69, 9.17) is 26.3 Å². The molecule has 0 N–H and O–H groups in total. The van der Waals surface area contributed by atoms with E-state index in [-0.39, 0.29) is 35.2 Å². The lowest BCUT2D eigenvalue weighted by atomic mass is 9.88. The number of ether oxygens (including phenoxy) is 1. The van der Waals surface area contributed by atoms with Crippen molar-refractivity contribution in [2.75, 3.05) is 39.8 Å². The second-order valence-corrected chi connectivity index (χ2v) is 11.9. The summed E-state index contributed by atoms with van der Waals surface area (Å²) in [6.45, 7) is 8.36.